The lowest BCUT2D eigenvalue weighted by Gasteiger charge is -2.10. The Morgan fingerprint density at radius 1 is 1.36 bits per heavy atom. The minimum atomic E-state index is 0.0847. The molecule has 1 rings (SSSR count). The van der Waals surface area contributed by atoms with E-state index in [0.29, 0.717) is 0 Å². The van der Waals surface area contributed by atoms with Gasteiger partial charge in [-0.3, -0.25) is 0 Å². The van der Waals surface area contributed by atoms with Crippen LogP contribution in [0.3, 0.4) is 0 Å². The molecule has 1 atom stereocenters. The Hall–Kier alpha value is -0.510. The maximum absolute atomic E-state index is 8.93. The third kappa shape index (κ3) is 3.01. The second kappa shape index (κ2) is 5.39. The summed E-state index contributed by atoms with van der Waals surface area (Å²) in [5.74, 6) is 0. The van der Waals surface area contributed by atoms with E-state index in [4.69, 9.17) is 10.2 Å². The number of rotatable bonds is 4. The zero-order valence-electron chi connectivity index (χ0n) is 8.53. The molecule has 0 amide bonds. The number of hydrogen-bond acceptors (Lipinski definition) is 3. The van der Waals surface area contributed by atoms with E-state index in [1.54, 1.807) is 11.8 Å². The van der Waals surface area contributed by atoms with Gasteiger partial charge in [-0.2, -0.15) is 0 Å². The number of hydrogen-bond donors (Lipinski definition) is 2. The fourth-order valence-electron chi connectivity index (χ4n) is 1.20. The highest BCUT2D eigenvalue weighted by Gasteiger charge is 2.05. The number of aryl methyl sites for hydroxylation is 1. The predicted octanol–water partition coefficient (Wildman–Crippen LogP) is 1.96. The number of aliphatic hydroxyl groups excluding tert-OH is 2. The summed E-state index contributed by atoms with van der Waals surface area (Å²) in [4.78, 5) is 1.17. The van der Waals surface area contributed by atoms with Gasteiger partial charge in [0.1, 0.15) is 0 Å². The lowest BCUT2D eigenvalue weighted by atomic mass is 10.1. The molecule has 0 fully saturated rings. The van der Waals surface area contributed by atoms with Crippen LogP contribution in [0.25, 0.3) is 0 Å². The van der Waals surface area contributed by atoms with E-state index in [1.165, 1.54) is 4.90 Å². The van der Waals surface area contributed by atoms with Crippen LogP contribution in [0, 0.1) is 6.92 Å². The Kier molecular flexibility index (Phi) is 4.45. The second-order valence-corrected chi connectivity index (χ2v) is 4.85. The van der Waals surface area contributed by atoms with Gasteiger partial charge in [0, 0.05) is 10.1 Å². The largest absolute Gasteiger partial charge is 0.395 e. The van der Waals surface area contributed by atoms with Crippen LogP contribution in [0.4, 0.5) is 0 Å². The first-order valence-corrected chi connectivity index (χ1v) is 5.53. The maximum Gasteiger partial charge on any atom is 0.0681 e. The number of aliphatic hydroxyl groups is 2. The first-order chi connectivity index (χ1) is 6.67. The van der Waals surface area contributed by atoms with Gasteiger partial charge in [0.05, 0.1) is 13.2 Å². The zero-order valence-corrected chi connectivity index (χ0v) is 9.34. The number of benzene rings is 1. The molecule has 0 heterocycles. The molecular weight excluding hydrogens is 196 g/mol. The third-order valence-corrected chi connectivity index (χ3v) is 3.27. The van der Waals surface area contributed by atoms with Crippen molar-refractivity contribution in [2.24, 2.45) is 0 Å². The highest BCUT2D eigenvalue weighted by atomic mass is 32.2. The van der Waals surface area contributed by atoms with E-state index in [1.807, 2.05) is 32.0 Å². The SMILES string of the molecule is Cc1cc(CO)ccc1SC(C)CO. The molecule has 0 aliphatic heterocycles. The summed E-state index contributed by atoms with van der Waals surface area (Å²) in [6.07, 6.45) is 0. The number of thioether (sulfide) groups is 1. The van der Waals surface area contributed by atoms with Gasteiger partial charge in [-0.1, -0.05) is 19.1 Å². The molecule has 0 radical (unpaired) electrons. The average molecular weight is 212 g/mol. The van der Waals surface area contributed by atoms with Gasteiger partial charge < -0.3 is 10.2 Å². The minimum Gasteiger partial charge on any atom is -0.395 e. The quantitative estimate of drug-likeness (QED) is 0.750. The molecule has 14 heavy (non-hydrogen) atoms. The van der Waals surface area contributed by atoms with Crippen molar-refractivity contribution in [2.45, 2.75) is 30.6 Å². The highest BCUT2D eigenvalue weighted by Crippen LogP contribution is 2.26. The molecule has 0 bridgehead atoms. The van der Waals surface area contributed by atoms with Crippen LogP contribution in [-0.2, 0) is 6.61 Å². The van der Waals surface area contributed by atoms with Crippen molar-refractivity contribution in [3.05, 3.63) is 29.3 Å². The second-order valence-electron chi connectivity index (χ2n) is 3.37. The summed E-state index contributed by atoms with van der Waals surface area (Å²) in [6, 6.07) is 5.89. The van der Waals surface area contributed by atoms with Crippen molar-refractivity contribution in [3.63, 3.8) is 0 Å². The van der Waals surface area contributed by atoms with E-state index in [-0.39, 0.29) is 18.5 Å². The molecule has 1 unspecified atom stereocenters. The maximum atomic E-state index is 8.93. The van der Waals surface area contributed by atoms with Crippen molar-refractivity contribution in [3.8, 4) is 0 Å². The Morgan fingerprint density at radius 2 is 2.07 bits per heavy atom. The van der Waals surface area contributed by atoms with Gasteiger partial charge >= 0.3 is 0 Å². The molecule has 0 spiro atoms. The van der Waals surface area contributed by atoms with Crippen molar-refractivity contribution < 1.29 is 10.2 Å². The average Bonchev–Trinajstić information content (AvgIpc) is 2.20. The van der Waals surface area contributed by atoms with Crippen LogP contribution in [-0.4, -0.2) is 22.1 Å². The molecule has 3 heteroatoms. The first kappa shape index (κ1) is 11.6. The highest BCUT2D eigenvalue weighted by molar-refractivity contribution is 8.00. The van der Waals surface area contributed by atoms with Gasteiger partial charge in [0.25, 0.3) is 0 Å². The summed E-state index contributed by atoms with van der Waals surface area (Å²) >= 11 is 1.66. The Labute approximate surface area is 89.0 Å². The van der Waals surface area contributed by atoms with E-state index in [2.05, 4.69) is 0 Å². The van der Waals surface area contributed by atoms with Crippen LogP contribution in [0.1, 0.15) is 18.1 Å². The summed E-state index contributed by atoms with van der Waals surface area (Å²) in [6.45, 7) is 4.28. The Bertz CT molecular complexity index is 299. The fraction of sp³-hybridized carbons (Fsp3) is 0.455. The van der Waals surface area contributed by atoms with Gasteiger partial charge in [-0.15, -0.1) is 11.8 Å². The fourth-order valence-corrected chi connectivity index (χ4v) is 2.10. The summed E-state index contributed by atoms with van der Waals surface area (Å²) < 4.78 is 0. The van der Waals surface area contributed by atoms with E-state index in [9.17, 15) is 0 Å². The van der Waals surface area contributed by atoms with Gasteiger partial charge in [0.15, 0.2) is 0 Å². The third-order valence-electron chi connectivity index (χ3n) is 2.01. The van der Waals surface area contributed by atoms with Crippen molar-refractivity contribution >= 4 is 11.8 Å². The molecule has 1 aromatic rings. The molecule has 78 valence electrons. The summed E-state index contributed by atoms with van der Waals surface area (Å²) in [5.41, 5.74) is 2.09. The molecule has 0 aliphatic rings. The molecule has 0 saturated heterocycles. The Balaban J connectivity index is 2.78. The van der Waals surface area contributed by atoms with Crippen LogP contribution >= 0.6 is 11.8 Å². The van der Waals surface area contributed by atoms with Crippen LogP contribution in [0.15, 0.2) is 23.1 Å². The van der Waals surface area contributed by atoms with Crippen molar-refractivity contribution in [1.29, 1.82) is 0 Å². The zero-order chi connectivity index (χ0) is 10.6. The topological polar surface area (TPSA) is 40.5 Å². The van der Waals surface area contributed by atoms with Crippen LogP contribution in [0.2, 0.25) is 0 Å². The molecule has 0 aromatic heterocycles. The van der Waals surface area contributed by atoms with Crippen LogP contribution in [0.5, 0.6) is 0 Å². The van der Waals surface area contributed by atoms with E-state index < -0.39 is 0 Å². The monoisotopic (exact) mass is 212 g/mol. The molecule has 0 aliphatic carbocycles. The summed E-state index contributed by atoms with van der Waals surface area (Å²) in [5, 5.41) is 18.1. The van der Waals surface area contributed by atoms with E-state index in [0.717, 1.165) is 11.1 Å². The standard InChI is InChI=1S/C11H16O2S/c1-8-5-10(7-13)3-4-11(8)14-9(2)6-12/h3-5,9,12-13H,6-7H2,1-2H3. The minimum absolute atomic E-state index is 0.0847. The predicted molar refractivity (Wildman–Crippen MR) is 59.5 cm³/mol. The van der Waals surface area contributed by atoms with Crippen LogP contribution < -0.4 is 0 Å². The molecular formula is C11H16O2S. The van der Waals surface area contributed by atoms with Gasteiger partial charge in [-0.25, -0.2) is 0 Å². The molecule has 0 saturated carbocycles. The lowest BCUT2D eigenvalue weighted by molar-refractivity contribution is 0.281. The summed E-state index contributed by atoms with van der Waals surface area (Å²) in [7, 11) is 0. The van der Waals surface area contributed by atoms with E-state index >= 15 is 0 Å². The van der Waals surface area contributed by atoms with Crippen molar-refractivity contribution in [1.82, 2.24) is 0 Å². The van der Waals surface area contributed by atoms with Crippen molar-refractivity contribution in [2.75, 3.05) is 6.61 Å². The molecule has 2 N–H and O–H groups in total. The first-order valence-electron chi connectivity index (χ1n) is 4.65. The molecule has 1 aromatic carbocycles. The smallest absolute Gasteiger partial charge is 0.0681 e. The Morgan fingerprint density at radius 3 is 2.57 bits per heavy atom. The van der Waals surface area contributed by atoms with Gasteiger partial charge in [-0.05, 0) is 24.1 Å². The van der Waals surface area contributed by atoms with Gasteiger partial charge in [0.2, 0.25) is 0 Å². The normalized spacial score (nSPS) is 12.9. The lowest BCUT2D eigenvalue weighted by Crippen LogP contribution is -2.02. The molecule has 2 nitrogen and oxygen atoms in total.